The molecule has 2 aromatic heterocycles. The minimum absolute atomic E-state index is 0.803. The molecule has 2 aliphatic heterocycles. The van der Waals surface area contributed by atoms with Crippen LogP contribution in [0.5, 0.6) is 0 Å². The lowest BCUT2D eigenvalue weighted by atomic mass is 10.0. The molecule has 4 nitrogen and oxygen atoms in total. The summed E-state index contributed by atoms with van der Waals surface area (Å²) in [5.41, 5.74) is 9.93. The first-order valence-corrected chi connectivity index (χ1v) is 21.9. The third kappa shape index (κ3) is 4.05. The van der Waals surface area contributed by atoms with Crippen molar-refractivity contribution in [1.82, 2.24) is 9.38 Å². The van der Waals surface area contributed by atoms with Crippen molar-refractivity contribution in [1.29, 1.82) is 0 Å². The van der Waals surface area contributed by atoms with Gasteiger partial charge in [-0.2, -0.15) is 0 Å². The normalized spacial score (nSPS) is 14.6. The van der Waals surface area contributed by atoms with Gasteiger partial charge in [0.05, 0.1) is 16.6 Å². The van der Waals surface area contributed by atoms with Gasteiger partial charge in [-0.15, -0.1) is 0 Å². The second-order valence-corrected chi connectivity index (χ2v) is 20.0. The maximum Gasteiger partial charge on any atom is 0.172 e. The molecule has 0 N–H and O–H groups in total. The summed E-state index contributed by atoms with van der Waals surface area (Å²) in [5, 5.41) is 8.53. The van der Waals surface area contributed by atoms with Crippen molar-refractivity contribution in [3.63, 3.8) is 0 Å². The molecule has 0 fully saturated rings. The molecular weight excluding hydrogens is 710 g/mol. The molecule has 4 heterocycles. The van der Waals surface area contributed by atoms with Crippen LogP contribution in [0.4, 0.5) is 0 Å². The van der Waals surface area contributed by atoms with Crippen molar-refractivity contribution >= 4 is 84.5 Å². The summed E-state index contributed by atoms with van der Waals surface area (Å²) >= 11 is 0. The summed E-state index contributed by atoms with van der Waals surface area (Å²) in [6, 6.07) is 61.9. The molecule has 55 heavy (non-hydrogen) atoms. The second kappa shape index (κ2) is 11.1. The highest BCUT2D eigenvalue weighted by molar-refractivity contribution is 7.87. The van der Waals surface area contributed by atoms with Gasteiger partial charge in [0.15, 0.2) is 14.3 Å². The van der Waals surface area contributed by atoms with Gasteiger partial charge in [0.1, 0.15) is 5.65 Å². The van der Waals surface area contributed by atoms with Crippen molar-refractivity contribution in [3.8, 4) is 33.4 Å². The Morgan fingerprint density at radius 1 is 0.382 bits per heavy atom. The number of aromatic nitrogens is 2. The maximum atomic E-state index is 15.5. The van der Waals surface area contributed by atoms with Crippen LogP contribution in [0.1, 0.15) is 0 Å². The lowest BCUT2D eigenvalue weighted by Gasteiger charge is -2.17. The van der Waals surface area contributed by atoms with E-state index in [1.54, 1.807) is 0 Å². The highest BCUT2D eigenvalue weighted by Crippen LogP contribution is 2.53. The molecular formula is C49H30N2O2P2. The Bertz CT molecular complexity index is 3300. The molecule has 0 saturated heterocycles. The van der Waals surface area contributed by atoms with Gasteiger partial charge in [0, 0.05) is 42.6 Å². The Hall–Kier alpha value is -6.31. The van der Waals surface area contributed by atoms with Crippen LogP contribution < -0.4 is 31.8 Å². The van der Waals surface area contributed by atoms with E-state index in [2.05, 4.69) is 89.3 Å². The van der Waals surface area contributed by atoms with Crippen LogP contribution in [0.2, 0.25) is 0 Å². The lowest BCUT2D eigenvalue weighted by Crippen LogP contribution is -2.20. The van der Waals surface area contributed by atoms with E-state index in [4.69, 9.17) is 4.98 Å². The number of rotatable bonds is 3. The first-order valence-electron chi connectivity index (χ1n) is 18.5. The summed E-state index contributed by atoms with van der Waals surface area (Å²) in [6.07, 6.45) is 0. The SMILES string of the molecule is O=P1(c2ccc(-c3ccc4c5ccccc5c5nc6ccc(P7(=O)c8ccccc8-c8ccccc87)cc6n5c4c3)cc2)c2ccccc2-c2ccccc21. The zero-order chi connectivity index (χ0) is 36.5. The average Bonchev–Trinajstić information content (AvgIpc) is 3.86. The van der Waals surface area contributed by atoms with E-state index in [0.717, 1.165) is 104 Å². The lowest BCUT2D eigenvalue weighted by molar-refractivity contribution is 0.592. The standard InChI is InChI=1S/C49H30N2O2P2/c52-54(45-17-7-3-12-37(45)38-13-4-8-18-46(38)54)33-24-21-31(22-25-33)32-23-27-36-35-11-1-2-16-41(35)49-50-42-28-26-34(30-44(42)51(49)43(36)29-32)55(53)47-19-9-5-14-39(47)40-15-6-10-20-48(40)55/h1-30H. The predicted molar refractivity (Wildman–Crippen MR) is 230 cm³/mol. The van der Waals surface area contributed by atoms with E-state index in [1.165, 1.54) is 0 Å². The van der Waals surface area contributed by atoms with Gasteiger partial charge in [-0.25, -0.2) is 4.98 Å². The Balaban J connectivity index is 1.06. The van der Waals surface area contributed by atoms with Gasteiger partial charge >= 0.3 is 0 Å². The molecule has 8 aromatic carbocycles. The van der Waals surface area contributed by atoms with Gasteiger partial charge in [-0.1, -0.05) is 158 Å². The van der Waals surface area contributed by atoms with E-state index in [1.807, 2.05) is 97.1 Å². The first kappa shape index (κ1) is 31.1. The zero-order valence-corrected chi connectivity index (χ0v) is 31.2. The fourth-order valence-electron chi connectivity index (χ4n) is 9.30. The molecule has 2 aliphatic rings. The second-order valence-electron chi connectivity index (χ2n) is 14.6. The van der Waals surface area contributed by atoms with Gasteiger partial charge < -0.3 is 9.13 Å². The number of nitrogens with zero attached hydrogens (tertiary/aromatic N) is 2. The number of pyridine rings is 1. The Labute approximate surface area is 317 Å². The Kier molecular flexibility index (Phi) is 6.28. The fraction of sp³-hybridized carbons (Fsp3) is 0. The fourth-order valence-corrected chi connectivity index (χ4v) is 15.4. The van der Waals surface area contributed by atoms with Crippen molar-refractivity contribution in [2.75, 3.05) is 0 Å². The highest BCUT2D eigenvalue weighted by Gasteiger charge is 2.41. The minimum Gasteiger partial charge on any atom is -0.309 e. The van der Waals surface area contributed by atoms with Crippen LogP contribution >= 0.6 is 14.3 Å². The van der Waals surface area contributed by atoms with Crippen LogP contribution in [0, 0.1) is 0 Å². The number of hydrogen-bond acceptors (Lipinski definition) is 3. The van der Waals surface area contributed by atoms with E-state index in [0.29, 0.717) is 0 Å². The summed E-state index contributed by atoms with van der Waals surface area (Å²) in [7, 11) is -6.18. The summed E-state index contributed by atoms with van der Waals surface area (Å²) < 4.78 is 32.9. The van der Waals surface area contributed by atoms with E-state index in [-0.39, 0.29) is 0 Å². The number of hydrogen-bond donors (Lipinski definition) is 0. The van der Waals surface area contributed by atoms with Gasteiger partial charge in [-0.3, -0.25) is 4.40 Å². The van der Waals surface area contributed by atoms with Crippen LogP contribution in [0.15, 0.2) is 182 Å². The molecule has 0 saturated carbocycles. The molecule has 0 spiro atoms. The van der Waals surface area contributed by atoms with Crippen molar-refractivity contribution in [2.24, 2.45) is 0 Å². The van der Waals surface area contributed by atoms with Gasteiger partial charge in [-0.05, 0) is 63.0 Å². The van der Waals surface area contributed by atoms with Crippen LogP contribution in [-0.4, -0.2) is 9.38 Å². The number of imidazole rings is 1. The topological polar surface area (TPSA) is 51.4 Å². The van der Waals surface area contributed by atoms with Crippen molar-refractivity contribution in [3.05, 3.63) is 182 Å². The monoisotopic (exact) mass is 740 g/mol. The quantitative estimate of drug-likeness (QED) is 0.134. The van der Waals surface area contributed by atoms with Crippen molar-refractivity contribution in [2.45, 2.75) is 0 Å². The third-order valence-corrected chi connectivity index (χ3v) is 18.1. The molecule has 0 amide bonds. The molecule has 12 rings (SSSR count). The number of fused-ring (bicyclic) bond motifs is 14. The average molecular weight is 741 g/mol. The van der Waals surface area contributed by atoms with Crippen LogP contribution in [0.25, 0.3) is 71.7 Å². The maximum absolute atomic E-state index is 15.5. The summed E-state index contributed by atoms with van der Waals surface area (Å²) in [4.78, 5) is 5.22. The third-order valence-electron chi connectivity index (χ3n) is 11.8. The van der Waals surface area contributed by atoms with Crippen LogP contribution in [0.3, 0.4) is 0 Å². The minimum atomic E-state index is -3.15. The Morgan fingerprint density at radius 3 is 1.44 bits per heavy atom. The van der Waals surface area contributed by atoms with E-state index in [9.17, 15) is 0 Å². The first-order chi connectivity index (χ1) is 27.0. The predicted octanol–water partition coefficient (Wildman–Crippen LogP) is 9.70. The van der Waals surface area contributed by atoms with Gasteiger partial charge in [0.2, 0.25) is 0 Å². The molecule has 258 valence electrons. The zero-order valence-electron chi connectivity index (χ0n) is 29.4. The highest BCUT2D eigenvalue weighted by atomic mass is 31.2. The summed E-state index contributed by atoms with van der Waals surface area (Å²) in [6.45, 7) is 0. The largest absolute Gasteiger partial charge is 0.309 e. The van der Waals surface area contributed by atoms with Crippen molar-refractivity contribution < 1.29 is 9.13 Å². The Morgan fingerprint density at radius 2 is 0.855 bits per heavy atom. The number of benzene rings is 8. The molecule has 0 unspecified atom stereocenters. The molecule has 0 radical (unpaired) electrons. The molecule has 0 atom stereocenters. The molecule has 10 aromatic rings. The van der Waals surface area contributed by atoms with Gasteiger partial charge in [0.25, 0.3) is 0 Å². The molecule has 0 bridgehead atoms. The summed E-state index contributed by atoms with van der Waals surface area (Å²) in [5.74, 6) is 0. The van der Waals surface area contributed by atoms with E-state index >= 15 is 9.13 Å². The van der Waals surface area contributed by atoms with Crippen LogP contribution in [-0.2, 0) is 9.13 Å². The smallest absolute Gasteiger partial charge is 0.172 e. The molecule has 0 aliphatic carbocycles. The molecule has 6 heteroatoms. The van der Waals surface area contributed by atoms with E-state index < -0.39 is 14.3 Å².